The molecule has 2 atom stereocenters. The van der Waals surface area contributed by atoms with E-state index in [2.05, 4.69) is 27.8 Å². The molecule has 188 valence electrons. The zero-order valence-electron chi connectivity index (χ0n) is 20.4. The van der Waals surface area contributed by atoms with Crippen LogP contribution in [0, 0.1) is 0 Å². The minimum atomic E-state index is -0.932. The molecule has 8 nitrogen and oxygen atoms in total. The molecule has 0 aliphatic heterocycles. The Kier molecular flexibility index (Phi) is 6.64. The first-order valence-corrected chi connectivity index (χ1v) is 12.2. The molecule has 1 aliphatic carbocycles. The number of nitrogens with two attached hydrogens (primary N) is 1. The molecule has 1 heterocycles. The summed E-state index contributed by atoms with van der Waals surface area (Å²) in [7, 11) is 0. The monoisotopic (exact) mass is 496 g/mol. The molecule has 1 aliphatic rings. The minimum Gasteiger partial charge on any atom is -0.449 e. The highest BCUT2D eigenvalue weighted by molar-refractivity contribution is 5.91. The van der Waals surface area contributed by atoms with Crippen LogP contribution in [0.3, 0.4) is 0 Å². The number of para-hydroxylation sites is 1. The fraction of sp³-hybridized carbons (Fsp3) is 0.207. The summed E-state index contributed by atoms with van der Waals surface area (Å²) in [4.78, 5) is 40.6. The number of alkyl carbamates (subject to hydrolysis) is 1. The van der Waals surface area contributed by atoms with Gasteiger partial charge >= 0.3 is 6.09 Å². The lowest BCUT2D eigenvalue weighted by Crippen LogP contribution is -2.52. The van der Waals surface area contributed by atoms with Gasteiger partial charge in [0, 0.05) is 29.4 Å². The van der Waals surface area contributed by atoms with Crippen LogP contribution >= 0.6 is 0 Å². The van der Waals surface area contributed by atoms with E-state index < -0.39 is 30.0 Å². The topological polar surface area (TPSA) is 126 Å². The number of rotatable bonds is 8. The van der Waals surface area contributed by atoms with Gasteiger partial charge in [0.25, 0.3) is 0 Å². The number of benzene rings is 3. The first-order valence-electron chi connectivity index (χ1n) is 12.2. The van der Waals surface area contributed by atoms with Crippen LogP contribution in [-0.2, 0) is 20.7 Å². The molecule has 0 bridgehead atoms. The van der Waals surface area contributed by atoms with Crippen LogP contribution in [0.1, 0.15) is 29.5 Å². The molecule has 1 aromatic heterocycles. The van der Waals surface area contributed by atoms with Crippen LogP contribution in [0.5, 0.6) is 0 Å². The molecule has 3 amide bonds. The first-order chi connectivity index (χ1) is 17.9. The van der Waals surface area contributed by atoms with E-state index in [4.69, 9.17) is 10.5 Å². The Morgan fingerprint density at radius 3 is 2.22 bits per heavy atom. The average Bonchev–Trinajstić information content (AvgIpc) is 3.46. The molecule has 8 heteroatoms. The summed E-state index contributed by atoms with van der Waals surface area (Å²) < 4.78 is 5.52. The van der Waals surface area contributed by atoms with Crippen LogP contribution in [0.4, 0.5) is 4.79 Å². The van der Waals surface area contributed by atoms with Crippen LogP contribution in [-0.4, -0.2) is 41.6 Å². The summed E-state index contributed by atoms with van der Waals surface area (Å²) in [5, 5.41) is 6.15. The summed E-state index contributed by atoms with van der Waals surface area (Å²) in [6.07, 6.45) is 1.31. The van der Waals surface area contributed by atoms with Crippen molar-refractivity contribution in [3.05, 3.63) is 95.7 Å². The van der Waals surface area contributed by atoms with Crippen LogP contribution in [0.25, 0.3) is 22.0 Å². The lowest BCUT2D eigenvalue weighted by molar-refractivity contribution is -0.128. The summed E-state index contributed by atoms with van der Waals surface area (Å²) in [5.74, 6) is -1.28. The van der Waals surface area contributed by atoms with E-state index in [0.29, 0.717) is 0 Å². The van der Waals surface area contributed by atoms with Crippen molar-refractivity contribution in [3.8, 4) is 11.1 Å². The molecule has 0 unspecified atom stereocenters. The van der Waals surface area contributed by atoms with E-state index in [0.717, 1.165) is 38.7 Å². The largest absolute Gasteiger partial charge is 0.449 e. The van der Waals surface area contributed by atoms with Gasteiger partial charge in [-0.2, -0.15) is 0 Å². The maximum atomic E-state index is 12.8. The minimum absolute atomic E-state index is 0.0855. The van der Waals surface area contributed by atoms with Crippen LogP contribution in [0.2, 0.25) is 0 Å². The second-order valence-corrected chi connectivity index (χ2v) is 9.22. The Morgan fingerprint density at radius 2 is 1.54 bits per heavy atom. The van der Waals surface area contributed by atoms with Crippen molar-refractivity contribution in [2.45, 2.75) is 31.3 Å². The molecule has 37 heavy (non-hydrogen) atoms. The fourth-order valence-corrected chi connectivity index (χ4v) is 4.92. The summed E-state index contributed by atoms with van der Waals surface area (Å²) in [5.41, 5.74) is 11.8. The highest BCUT2D eigenvalue weighted by atomic mass is 16.5. The van der Waals surface area contributed by atoms with Crippen molar-refractivity contribution in [1.29, 1.82) is 0 Å². The number of carbonyl (C=O) groups is 3. The van der Waals surface area contributed by atoms with Gasteiger partial charge in [-0.15, -0.1) is 0 Å². The summed E-state index contributed by atoms with van der Waals surface area (Å²) in [6.45, 7) is 1.67. The number of nitrogens with one attached hydrogen (secondary N) is 3. The molecule has 3 aromatic carbocycles. The number of hydrogen-bond acceptors (Lipinski definition) is 4. The van der Waals surface area contributed by atoms with Gasteiger partial charge in [0.1, 0.15) is 18.7 Å². The number of aromatic nitrogens is 1. The Morgan fingerprint density at radius 1 is 0.919 bits per heavy atom. The summed E-state index contributed by atoms with van der Waals surface area (Å²) >= 11 is 0. The number of aromatic amines is 1. The third-order valence-corrected chi connectivity index (χ3v) is 6.83. The average molecular weight is 497 g/mol. The molecular formula is C29H28N4O4. The maximum Gasteiger partial charge on any atom is 0.407 e. The highest BCUT2D eigenvalue weighted by Gasteiger charge is 2.30. The van der Waals surface area contributed by atoms with Gasteiger partial charge in [-0.25, -0.2) is 4.79 Å². The van der Waals surface area contributed by atoms with Crippen molar-refractivity contribution in [2.24, 2.45) is 5.73 Å². The highest BCUT2D eigenvalue weighted by Crippen LogP contribution is 2.44. The van der Waals surface area contributed by atoms with Gasteiger partial charge in [-0.05, 0) is 40.8 Å². The normalized spacial score (nSPS) is 13.9. The number of hydrogen-bond donors (Lipinski definition) is 4. The van der Waals surface area contributed by atoms with E-state index in [1.807, 2.05) is 60.7 Å². The first kappa shape index (κ1) is 24.1. The van der Waals surface area contributed by atoms with E-state index in [1.54, 1.807) is 6.20 Å². The van der Waals surface area contributed by atoms with Gasteiger partial charge in [-0.3, -0.25) is 9.59 Å². The molecule has 5 rings (SSSR count). The second kappa shape index (κ2) is 10.2. The molecule has 5 N–H and O–H groups in total. The molecule has 0 saturated heterocycles. The zero-order chi connectivity index (χ0) is 25.9. The number of ether oxygens (including phenoxy) is 1. The number of H-pyrrole nitrogens is 1. The summed E-state index contributed by atoms with van der Waals surface area (Å²) in [6, 6.07) is 21.9. The van der Waals surface area contributed by atoms with Crippen molar-refractivity contribution in [3.63, 3.8) is 0 Å². The SMILES string of the molecule is C[C@H](NC(=O)OCC1c2ccccc2-c2ccccc21)C(=O)N[C@@H](Cc1c[nH]c2ccccc12)C(N)=O. The Balaban J connectivity index is 1.18. The molecule has 0 radical (unpaired) electrons. The van der Waals surface area contributed by atoms with Crippen molar-refractivity contribution in [1.82, 2.24) is 15.6 Å². The van der Waals surface area contributed by atoms with Gasteiger partial charge in [0.15, 0.2) is 0 Å². The van der Waals surface area contributed by atoms with E-state index in [9.17, 15) is 14.4 Å². The molecule has 4 aromatic rings. The number of carbonyl (C=O) groups excluding carboxylic acids is 3. The third kappa shape index (κ3) is 4.91. The number of amides is 3. The Bertz CT molecular complexity index is 1430. The predicted molar refractivity (Wildman–Crippen MR) is 141 cm³/mol. The zero-order valence-corrected chi connectivity index (χ0v) is 20.4. The predicted octanol–water partition coefficient (Wildman–Crippen LogP) is 3.61. The van der Waals surface area contributed by atoms with Crippen LogP contribution < -0.4 is 16.4 Å². The van der Waals surface area contributed by atoms with Crippen molar-refractivity contribution < 1.29 is 19.1 Å². The Labute approximate surface area is 214 Å². The lowest BCUT2D eigenvalue weighted by Gasteiger charge is -2.20. The number of primary amides is 1. The molecule has 0 fully saturated rings. The fourth-order valence-electron chi connectivity index (χ4n) is 4.92. The van der Waals surface area contributed by atoms with Crippen molar-refractivity contribution >= 4 is 28.8 Å². The smallest absolute Gasteiger partial charge is 0.407 e. The number of fused-ring (bicyclic) bond motifs is 4. The van der Waals surface area contributed by atoms with E-state index >= 15 is 0 Å². The third-order valence-electron chi connectivity index (χ3n) is 6.83. The van der Waals surface area contributed by atoms with E-state index in [1.165, 1.54) is 6.92 Å². The standard InChI is InChI=1S/C29H28N4O4/c1-17(28(35)33-26(27(30)34)14-18-15-31-25-13-7-6-8-19(18)25)32-29(36)37-16-24-22-11-4-2-9-20(22)21-10-3-5-12-23(21)24/h2-13,15,17,24,26,31H,14,16H2,1H3,(H2,30,34)(H,32,36)(H,33,35)/t17-,26-/m0/s1. The quantitative estimate of drug-likeness (QED) is 0.297. The molecular weight excluding hydrogens is 468 g/mol. The molecule has 0 saturated carbocycles. The lowest BCUT2D eigenvalue weighted by atomic mass is 9.98. The second-order valence-electron chi connectivity index (χ2n) is 9.22. The van der Waals surface area contributed by atoms with Gasteiger partial charge in [0.2, 0.25) is 11.8 Å². The van der Waals surface area contributed by atoms with Gasteiger partial charge in [0.05, 0.1) is 0 Å². The Hall–Kier alpha value is -4.59. The van der Waals surface area contributed by atoms with Crippen molar-refractivity contribution in [2.75, 3.05) is 6.61 Å². The maximum absolute atomic E-state index is 12.8. The van der Waals surface area contributed by atoms with E-state index in [-0.39, 0.29) is 18.9 Å². The van der Waals surface area contributed by atoms with Gasteiger partial charge in [-0.1, -0.05) is 66.7 Å². The molecule has 0 spiro atoms. The van der Waals surface area contributed by atoms with Crippen LogP contribution in [0.15, 0.2) is 79.0 Å². The van der Waals surface area contributed by atoms with Gasteiger partial charge < -0.3 is 26.1 Å².